The number of hydrogen-bond acceptors (Lipinski definition) is 3. The third-order valence-electron chi connectivity index (χ3n) is 3.17. The summed E-state index contributed by atoms with van der Waals surface area (Å²) in [6.45, 7) is 10.5. The van der Waals surface area contributed by atoms with Crippen LogP contribution in [0.15, 0.2) is 42.6 Å². The molecule has 1 heterocycles. The largest absolute Gasteiger partial charge is 0.443 e. The topological polar surface area (TPSA) is 38.8 Å². The molecule has 21 heavy (non-hydrogen) atoms. The number of nitrogens with zero attached hydrogens (tertiary/aromatic N) is 1. The normalized spacial score (nSPS) is 18.9. The van der Waals surface area contributed by atoms with Gasteiger partial charge in [0.1, 0.15) is 5.60 Å². The van der Waals surface area contributed by atoms with Gasteiger partial charge in [0.25, 0.3) is 0 Å². The summed E-state index contributed by atoms with van der Waals surface area (Å²) in [6.07, 6.45) is 0.287. The van der Waals surface area contributed by atoms with Crippen LogP contribution in [-0.4, -0.2) is 29.2 Å². The van der Waals surface area contributed by atoms with Gasteiger partial charge < -0.3 is 9.47 Å². The van der Waals surface area contributed by atoms with Crippen LogP contribution in [0.4, 0.5) is 4.79 Å². The van der Waals surface area contributed by atoms with Crippen LogP contribution in [0, 0.1) is 0 Å². The van der Waals surface area contributed by atoms with Crippen LogP contribution in [0.1, 0.15) is 32.8 Å². The minimum Gasteiger partial charge on any atom is -0.443 e. The second-order valence-corrected chi connectivity index (χ2v) is 6.28. The number of carbonyl (C=O) groups excluding carboxylic acids is 1. The van der Waals surface area contributed by atoms with Crippen LogP contribution in [0.5, 0.6) is 0 Å². The van der Waals surface area contributed by atoms with Gasteiger partial charge in [0, 0.05) is 12.1 Å². The van der Waals surface area contributed by atoms with Crippen LogP contribution in [0.2, 0.25) is 0 Å². The molecule has 1 aromatic carbocycles. The number of benzene rings is 1. The predicted molar refractivity (Wildman–Crippen MR) is 81.7 cm³/mol. The van der Waals surface area contributed by atoms with Gasteiger partial charge in [0.2, 0.25) is 0 Å². The van der Waals surface area contributed by atoms with E-state index in [1.54, 1.807) is 4.90 Å². The molecule has 1 aliphatic heterocycles. The first-order valence-corrected chi connectivity index (χ1v) is 7.19. The lowest BCUT2D eigenvalue weighted by Gasteiger charge is -2.24. The maximum Gasteiger partial charge on any atom is 0.414 e. The van der Waals surface area contributed by atoms with Crippen molar-refractivity contribution in [2.24, 2.45) is 0 Å². The van der Waals surface area contributed by atoms with E-state index in [1.807, 2.05) is 51.1 Å². The fourth-order valence-corrected chi connectivity index (χ4v) is 2.19. The molecule has 2 rings (SSSR count). The van der Waals surface area contributed by atoms with Gasteiger partial charge in [-0.2, -0.15) is 0 Å². The smallest absolute Gasteiger partial charge is 0.414 e. The molecule has 1 aromatic rings. The van der Waals surface area contributed by atoms with E-state index in [0.29, 0.717) is 19.6 Å². The minimum absolute atomic E-state index is 0.0229. The zero-order valence-corrected chi connectivity index (χ0v) is 13.0. The molecule has 1 amide bonds. The van der Waals surface area contributed by atoms with Crippen molar-refractivity contribution >= 4 is 6.09 Å². The Labute approximate surface area is 126 Å². The van der Waals surface area contributed by atoms with Gasteiger partial charge in [-0.15, -0.1) is 0 Å². The number of hydrogen-bond donors (Lipinski definition) is 0. The Morgan fingerprint density at radius 3 is 2.62 bits per heavy atom. The quantitative estimate of drug-likeness (QED) is 0.851. The minimum atomic E-state index is -0.500. The van der Waals surface area contributed by atoms with Crippen LogP contribution in [-0.2, 0) is 16.1 Å². The maximum absolute atomic E-state index is 12.1. The first-order chi connectivity index (χ1) is 9.85. The zero-order chi connectivity index (χ0) is 15.5. The molecule has 0 aliphatic carbocycles. The van der Waals surface area contributed by atoms with E-state index in [2.05, 4.69) is 6.58 Å². The predicted octanol–water partition coefficient (Wildman–Crippen LogP) is 3.73. The van der Waals surface area contributed by atoms with E-state index < -0.39 is 5.60 Å². The summed E-state index contributed by atoms with van der Waals surface area (Å²) in [6, 6.07) is 9.99. The summed E-state index contributed by atoms with van der Waals surface area (Å²) in [5.74, 6) is 0. The van der Waals surface area contributed by atoms with Crippen molar-refractivity contribution in [3.05, 3.63) is 48.2 Å². The summed E-state index contributed by atoms with van der Waals surface area (Å²) in [5.41, 5.74) is 1.38. The second kappa shape index (κ2) is 6.31. The van der Waals surface area contributed by atoms with Crippen molar-refractivity contribution < 1.29 is 14.3 Å². The number of rotatable bonds is 3. The van der Waals surface area contributed by atoms with Gasteiger partial charge in [-0.3, -0.25) is 4.90 Å². The Bertz CT molecular complexity index is 505. The molecule has 114 valence electrons. The Kier molecular flexibility index (Phi) is 4.68. The van der Waals surface area contributed by atoms with E-state index in [1.165, 1.54) is 0 Å². The summed E-state index contributed by atoms with van der Waals surface area (Å²) in [5, 5.41) is 0. The lowest BCUT2D eigenvalue weighted by molar-refractivity contribution is 0.0203. The van der Waals surface area contributed by atoms with Gasteiger partial charge in [-0.05, 0) is 26.3 Å². The average molecular weight is 289 g/mol. The molecule has 0 spiro atoms. The third kappa shape index (κ3) is 4.60. The highest BCUT2D eigenvalue weighted by Crippen LogP contribution is 2.25. The highest BCUT2D eigenvalue weighted by molar-refractivity contribution is 5.71. The van der Waals surface area contributed by atoms with E-state index in [-0.39, 0.29) is 12.2 Å². The highest BCUT2D eigenvalue weighted by atomic mass is 16.6. The Hall–Kier alpha value is -1.81. The maximum atomic E-state index is 12.1. The molecular formula is C17H23NO3. The molecule has 0 bridgehead atoms. The summed E-state index contributed by atoms with van der Waals surface area (Å²) in [7, 11) is 0. The molecule has 4 heteroatoms. The van der Waals surface area contributed by atoms with Gasteiger partial charge in [0.05, 0.1) is 19.3 Å². The monoisotopic (exact) mass is 289 g/mol. The number of carbonyl (C=O) groups is 1. The van der Waals surface area contributed by atoms with Gasteiger partial charge in [-0.25, -0.2) is 4.79 Å². The molecule has 0 aromatic heterocycles. The van der Waals surface area contributed by atoms with E-state index in [4.69, 9.17) is 9.47 Å². The van der Waals surface area contributed by atoms with E-state index in [0.717, 1.165) is 11.3 Å². The molecule has 0 N–H and O–H groups in total. The Morgan fingerprint density at radius 2 is 2.00 bits per heavy atom. The lowest BCUT2D eigenvalue weighted by atomic mass is 10.2. The highest BCUT2D eigenvalue weighted by Gasteiger charge is 2.33. The molecule has 1 aliphatic rings. The average Bonchev–Trinajstić information content (AvgIpc) is 2.77. The molecule has 1 saturated heterocycles. The molecule has 0 saturated carbocycles. The number of amides is 1. The van der Waals surface area contributed by atoms with Crippen molar-refractivity contribution in [3.8, 4) is 0 Å². The third-order valence-corrected chi connectivity index (χ3v) is 3.17. The van der Waals surface area contributed by atoms with Crippen LogP contribution in [0.3, 0.4) is 0 Å². The second-order valence-electron chi connectivity index (χ2n) is 6.28. The van der Waals surface area contributed by atoms with Crippen molar-refractivity contribution in [2.45, 2.75) is 45.5 Å². The molecule has 0 unspecified atom stereocenters. The summed E-state index contributed by atoms with van der Waals surface area (Å²) >= 11 is 0. The van der Waals surface area contributed by atoms with E-state index in [9.17, 15) is 4.79 Å². The van der Waals surface area contributed by atoms with Crippen LogP contribution < -0.4 is 0 Å². The van der Waals surface area contributed by atoms with Crippen molar-refractivity contribution in [1.82, 2.24) is 4.90 Å². The van der Waals surface area contributed by atoms with Gasteiger partial charge in [-0.1, -0.05) is 36.9 Å². The van der Waals surface area contributed by atoms with Gasteiger partial charge >= 0.3 is 6.09 Å². The standard InChI is InChI=1S/C17H23NO3/c1-13-10-15(20-12-14-8-6-5-7-9-14)11-18(13)16(19)21-17(2,3)4/h5-9,15H,1,10-12H2,2-4H3/t15-/m0/s1. The fourth-order valence-electron chi connectivity index (χ4n) is 2.19. The first kappa shape index (κ1) is 15.6. The SMILES string of the molecule is C=C1C[C@H](OCc2ccccc2)CN1C(=O)OC(C)(C)C. The summed E-state index contributed by atoms with van der Waals surface area (Å²) in [4.78, 5) is 13.6. The van der Waals surface area contributed by atoms with Crippen molar-refractivity contribution in [2.75, 3.05) is 6.54 Å². The molecule has 1 atom stereocenters. The van der Waals surface area contributed by atoms with Gasteiger partial charge in [0.15, 0.2) is 0 Å². The van der Waals surface area contributed by atoms with Crippen molar-refractivity contribution in [1.29, 1.82) is 0 Å². The Balaban J connectivity index is 1.86. The molecule has 4 nitrogen and oxygen atoms in total. The van der Waals surface area contributed by atoms with Crippen LogP contribution in [0.25, 0.3) is 0 Å². The number of ether oxygens (including phenoxy) is 2. The number of likely N-dealkylation sites (tertiary alicyclic amines) is 1. The molecular weight excluding hydrogens is 266 g/mol. The first-order valence-electron chi connectivity index (χ1n) is 7.19. The molecule has 0 radical (unpaired) electrons. The Morgan fingerprint density at radius 1 is 1.33 bits per heavy atom. The summed E-state index contributed by atoms with van der Waals surface area (Å²) < 4.78 is 11.2. The molecule has 1 fully saturated rings. The fraction of sp³-hybridized carbons (Fsp3) is 0.471. The van der Waals surface area contributed by atoms with Crippen LogP contribution >= 0.6 is 0 Å². The zero-order valence-electron chi connectivity index (χ0n) is 13.0. The lowest BCUT2D eigenvalue weighted by Crippen LogP contribution is -2.35. The van der Waals surface area contributed by atoms with E-state index >= 15 is 0 Å². The van der Waals surface area contributed by atoms with Crippen molar-refractivity contribution in [3.63, 3.8) is 0 Å².